The van der Waals surface area contributed by atoms with Gasteiger partial charge < -0.3 is 11.1 Å². The first-order valence-corrected chi connectivity index (χ1v) is 6.57. The molecule has 2 rings (SSSR count). The van der Waals surface area contributed by atoms with E-state index in [1.807, 2.05) is 0 Å². The zero-order valence-corrected chi connectivity index (χ0v) is 12.0. The van der Waals surface area contributed by atoms with Gasteiger partial charge in [0.15, 0.2) is 0 Å². The summed E-state index contributed by atoms with van der Waals surface area (Å²) in [4.78, 5) is 0. The molecule has 0 bridgehead atoms. The number of halogens is 4. The lowest BCUT2D eigenvalue weighted by molar-refractivity contribution is 0.612. The quantitative estimate of drug-likeness (QED) is 0.798. The van der Waals surface area contributed by atoms with Crippen molar-refractivity contribution in [2.45, 2.75) is 6.54 Å². The summed E-state index contributed by atoms with van der Waals surface area (Å²) in [6.45, 7) is 0.191. The van der Waals surface area contributed by atoms with Crippen molar-refractivity contribution >= 4 is 38.9 Å². The second kappa shape index (κ2) is 5.75. The molecule has 2 aromatic carbocycles. The molecule has 0 amide bonds. The highest BCUT2D eigenvalue weighted by atomic mass is 79.9. The smallest absolute Gasteiger partial charge is 0.143 e. The van der Waals surface area contributed by atoms with Crippen LogP contribution in [0.5, 0.6) is 0 Å². The normalized spacial score (nSPS) is 10.5. The molecule has 0 aliphatic carbocycles. The SMILES string of the molecule is Nc1cc(Cl)c(F)cc1NCc1cc(Br)ccc1F. The van der Waals surface area contributed by atoms with E-state index in [1.54, 1.807) is 12.1 Å². The number of rotatable bonds is 3. The van der Waals surface area contributed by atoms with Crippen molar-refractivity contribution in [3.05, 3.63) is 57.0 Å². The van der Waals surface area contributed by atoms with Crippen LogP contribution in [0.15, 0.2) is 34.8 Å². The summed E-state index contributed by atoms with van der Waals surface area (Å²) >= 11 is 8.86. The Kier molecular flexibility index (Phi) is 4.27. The standard InChI is InChI=1S/C13H10BrClF2N2/c14-8-1-2-10(16)7(3-8)6-19-13-5-11(17)9(15)4-12(13)18/h1-5,19H,6,18H2. The fraction of sp³-hybridized carbons (Fsp3) is 0.0769. The first kappa shape index (κ1) is 14.1. The predicted molar refractivity (Wildman–Crippen MR) is 77.2 cm³/mol. The fourth-order valence-electron chi connectivity index (χ4n) is 1.58. The lowest BCUT2D eigenvalue weighted by atomic mass is 10.2. The molecule has 0 aliphatic heterocycles. The summed E-state index contributed by atoms with van der Waals surface area (Å²) in [6, 6.07) is 7.11. The highest BCUT2D eigenvalue weighted by molar-refractivity contribution is 9.10. The van der Waals surface area contributed by atoms with Crippen LogP contribution in [0.25, 0.3) is 0 Å². The third-order valence-corrected chi connectivity index (χ3v) is 3.35. The highest BCUT2D eigenvalue weighted by Crippen LogP contribution is 2.27. The van der Waals surface area contributed by atoms with Gasteiger partial charge in [-0.3, -0.25) is 0 Å². The molecule has 0 radical (unpaired) electrons. The van der Waals surface area contributed by atoms with Crippen LogP contribution in [0.3, 0.4) is 0 Å². The van der Waals surface area contributed by atoms with Crippen LogP contribution < -0.4 is 11.1 Å². The van der Waals surface area contributed by atoms with Crippen molar-refractivity contribution in [1.29, 1.82) is 0 Å². The van der Waals surface area contributed by atoms with Crippen molar-refractivity contribution in [3.63, 3.8) is 0 Å². The minimum atomic E-state index is -0.576. The van der Waals surface area contributed by atoms with E-state index in [-0.39, 0.29) is 17.4 Å². The third kappa shape index (κ3) is 3.36. The average molecular weight is 348 g/mol. The Morgan fingerprint density at radius 2 is 1.89 bits per heavy atom. The van der Waals surface area contributed by atoms with E-state index < -0.39 is 5.82 Å². The van der Waals surface area contributed by atoms with Crippen LogP contribution in [0.4, 0.5) is 20.2 Å². The van der Waals surface area contributed by atoms with Crippen molar-refractivity contribution in [2.75, 3.05) is 11.1 Å². The van der Waals surface area contributed by atoms with Crippen molar-refractivity contribution in [2.24, 2.45) is 0 Å². The topological polar surface area (TPSA) is 38.0 Å². The first-order chi connectivity index (χ1) is 8.97. The Balaban J connectivity index is 2.19. The van der Waals surface area contributed by atoms with Gasteiger partial charge in [-0.15, -0.1) is 0 Å². The second-order valence-corrected chi connectivity index (χ2v) is 5.27. The molecule has 0 saturated carbocycles. The summed E-state index contributed by atoms with van der Waals surface area (Å²) in [5, 5.41) is 2.84. The molecular formula is C13H10BrClF2N2. The number of nitrogens with two attached hydrogens (primary N) is 1. The zero-order chi connectivity index (χ0) is 14.0. The second-order valence-electron chi connectivity index (χ2n) is 3.94. The van der Waals surface area contributed by atoms with Crippen LogP contribution in [0, 0.1) is 11.6 Å². The Hall–Kier alpha value is -1.33. The number of nitrogen functional groups attached to an aromatic ring is 1. The van der Waals surface area contributed by atoms with Gasteiger partial charge in [-0.1, -0.05) is 27.5 Å². The maximum Gasteiger partial charge on any atom is 0.143 e. The van der Waals surface area contributed by atoms with Crippen LogP contribution in [-0.4, -0.2) is 0 Å². The molecule has 3 N–H and O–H groups in total. The number of anilines is 2. The van der Waals surface area contributed by atoms with E-state index in [0.717, 1.165) is 4.47 Å². The van der Waals surface area contributed by atoms with E-state index in [0.29, 0.717) is 16.9 Å². The van der Waals surface area contributed by atoms with Crippen LogP contribution in [0.2, 0.25) is 5.02 Å². The van der Waals surface area contributed by atoms with Gasteiger partial charge in [-0.25, -0.2) is 8.78 Å². The Morgan fingerprint density at radius 3 is 2.63 bits per heavy atom. The van der Waals surface area contributed by atoms with E-state index in [1.165, 1.54) is 18.2 Å². The van der Waals surface area contributed by atoms with Crippen molar-refractivity contribution in [1.82, 2.24) is 0 Å². The van der Waals surface area contributed by atoms with Gasteiger partial charge >= 0.3 is 0 Å². The number of hydrogen-bond donors (Lipinski definition) is 2. The average Bonchev–Trinajstić information content (AvgIpc) is 2.36. The monoisotopic (exact) mass is 346 g/mol. The number of nitrogens with one attached hydrogen (secondary N) is 1. The van der Waals surface area contributed by atoms with Crippen LogP contribution in [-0.2, 0) is 6.54 Å². The number of hydrogen-bond acceptors (Lipinski definition) is 2. The number of benzene rings is 2. The molecule has 0 spiro atoms. The maximum absolute atomic E-state index is 13.5. The fourth-order valence-corrected chi connectivity index (χ4v) is 2.17. The van der Waals surface area contributed by atoms with E-state index in [4.69, 9.17) is 17.3 Å². The lowest BCUT2D eigenvalue weighted by Gasteiger charge is -2.11. The zero-order valence-electron chi connectivity index (χ0n) is 9.68. The van der Waals surface area contributed by atoms with Crippen LogP contribution in [0.1, 0.15) is 5.56 Å². The molecule has 0 aliphatic rings. The molecule has 2 aromatic rings. The maximum atomic E-state index is 13.5. The highest BCUT2D eigenvalue weighted by Gasteiger charge is 2.08. The minimum Gasteiger partial charge on any atom is -0.397 e. The molecule has 0 saturated heterocycles. The van der Waals surface area contributed by atoms with Gasteiger partial charge in [0.05, 0.1) is 16.4 Å². The summed E-state index contributed by atoms with van der Waals surface area (Å²) < 4.78 is 27.6. The van der Waals surface area contributed by atoms with Gasteiger partial charge in [0.2, 0.25) is 0 Å². The predicted octanol–water partition coefficient (Wildman–Crippen LogP) is 4.58. The largest absolute Gasteiger partial charge is 0.397 e. The molecule has 6 heteroatoms. The van der Waals surface area contributed by atoms with E-state index in [9.17, 15) is 8.78 Å². The van der Waals surface area contributed by atoms with Crippen molar-refractivity contribution < 1.29 is 8.78 Å². The summed E-state index contributed by atoms with van der Waals surface area (Å²) in [7, 11) is 0. The molecule has 19 heavy (non-hydrogen) atoms. The molecular weight excluding hydrogens is 338 g/mol. The summed E-state index contributed by atoms with van der Waals surface area (Å²) in [5.41, 5.74) is 6.84. The lowest BCUT2D eigenvalue weighted by Crippen LogP contribution is -2.05. The molecule has 0 heterocycles. The third-order valence-electron chi connectivity index (χ3n) is 2.57. The van der Waals surface area contributed by atoms with Gasteiger partial charge in [0.1, 0.15) is 11.6 Å². The summed E-state index contributed by atoms with van der Waals surface area (Å²) in [6.07, 6.45) is 0. The van der Waals surface area contributed by atoms with Crippen molar-refractivity contribution in [3.8, 4) is 0 Å². The molecule has 2 nitrogen and oxygen atoms in total. The Morgan fingerprint density at radius 1 is 1.16 bits per heavy atom. The van der Waals surface area contributed by atoms with E-state index in [2.05, 4.69) is 21.2 Å². The molecule has 100 valence electrons. The van der Waals surface area contributed by atoms with Gasteiger partial charge in [0, 0.05) is 22.6 Å². The molecule has 0 aromatic heterocycles. The molecule has 0 atom stereocenters. The summed E-state index contributed by atoms with van der Waals surface area (Å²) in [5.74, 6) is -0.920. The Bertz CT molecular complexity index is 620. The van der Waals surface area contributed by atoms with Gasteiger partial charge in [0.25, 0.3) is 0 Å². The molecule has 0 fully saturated rings. The first-order valence-electron chi connectivity index (χ1n) is 5.39. The van der Waals surface area contributed by atoms with Crippen LogP contribution >= 0.6 is 27.5 Å². The molecule has 0 unspecified atom stereocenters. The minimum absolute atomic E-state index is 0.0447. The van der Waals surface area contributed by atoms with Gasteiger partial charge in [-0.05, 0) is 24.3 Å². The van der Waals surface area contributed by atoms with Gasteiger partial charge in [-0.2, -0.15) is 0 Å². The Labute approximate surface area is 122 Å². The van der Waals surface area contributed by atoms with E-state index >= 15 is 0 Å².